The topological polar surface area (TPSA) is 50.8 Å². The smallest absolute Gasteiger partial charge is 0.254 e. The van der Waals surface area contributed by atoms with Crippen molar-refractivity contribution in [3.63, 3.8) is 0 Å². The maximum absolute atomic E-state index is 12.8. The van der Waals surface area contributed by atoms with Crippen LogP contribution in [0.2, 0.25) is 0 Å². The zero-order valence-corrected chi connectivity index (χ0v) is 13.9. The molecule has 0 aromatic heterocycles. The van der Waals surface area contributed by atoms with Crippen LogP contribution in [0.4, 0.5) is 0 Å². The molecule has 1 aromatic carbocycles. The Balaban J connectivity index is 2.21. The number of hydrogen-bond acceptors (Lipinski definition) is 4. The monoisotopic (exact) mass is 306 g/mol. The minimum atomic E-state index is 0.0532. The summed E-state index contributed by atoms with van der Waals surface area (Å²) in [4.78, 5) is 14.7. The summed E-state index contributed by atoms with van der Waals surface area (Å²) in [6.07, 6.45) is 2.23. The van der Waals surface area contributed by atoms with Crippen molar-refractivity contribution in [2.75, 3.05) is 40.9 Å². The van der Waals surface area contributed by atoms with E-state index in [0.717, 1.165) is 31.6 Å². The van der Waals surface area contributed by atoms with Crippen LogP contribution in [0.1, 0.15) is 28.8 Å². The molecule has 1 aliphatic rings. The molecule has 1 aliphatic heterocycles. The van der Waals surface area contributed by atoms with Crippen LogP contribution in [-0.4, -0.2) is 51.7 Å². The summed E-state index contributed by atoms with van der Waals surface area (Å²) in [5.41, 5.74) is 1.54. The third-order valence-corrected chi connectivity index (χ3v) is 4.30. The highest BCUT2D eigenvalue weighted by Crippen LogP contribution is 2.30. The lowest BCUT2D eigenvalue weighted by molar-refractivity contribution is 0.0673. The molecule has 5 nitrogen and oxygen atoms in total. The number of hydrogen-bond donors (Lipinski definition) is 1. The van der Waals surface area contributed by atoms with Crippen molar-refractivity contribution in [1.82, 2.24) is 10.2 Å². The molecular formula is C17H26N2O3. The van der Waals surface area contributed by atoms with Gasteiger partial charge in [-0.15, -0.1) is 0 Å². The average molecular weight is 306 g/mol. The zero-order chi connectivity index (χ0) is 16.1. The highest BCUT2D eigenvalue weighted by atomic mass is 16.5. The number of carbonyl (C=O) groups is 1. The molecule has 1 fully saturated rings. The highest BCUT2D eigenvalue weighted by molar-refractivity contribution is 5.95. The number of carbonyl (C=O) groups excluding carboxylic acids is 1. The summed E-state index contributed by atoms with van der Waals surface area (Å²) >= 11 is 0. The van der Waals surface area contributed by atoms with Gasteiger partial charge in [0.15, 0.2) is 0 Å². The molecule has 0 aliphatic carbocycles. The summed E-state index contributed by atoms with van der Waals surface area (Å²) < 4.78 is 10.7. The van der Waals surface area contributed by atoms with Crippen molar-refractivity contribution in [3.8, 4) is 11.5 Å². The van der Waals surface area contributed by atoms with Crippen LogP contribution in [0.15, 0.2) is 12.1 Å². The second-order valence-corrected chi connectivity index (χ2v) is 5.82. The maximum Gasteiger partial charge on any atom is 0.254 e. The molecule has 122 valence electrons. The van der Waals surface area contributed by atoms with Crippen LogP contribution in [0.3, 0.4) is 0 Å². The van der Waals surface area contributed by atoms with E-state index in [1.165, 1.54) is 6.42 Å². The number of methoxy groups -OCH3 is 2. The Morgan fingerprint density at radius 2 is 1.95 bits per heavy atom. The number of benzene rings is 1. The van der Waals surface area contributed by atoms with Crippen molar-refractivity contribution in [2.24, 2.45) is 5.92 Å². The lowest BCUT2D eigenvalue weighted by atomic mass is 9.97. The van der Waals surface area contributed by atoms with Crippen LogP contribution in [0.5, 0.6) is 11.5 Å². The Morgan fingerprint density at radius 3 is 2.50 bits per heavy atom. The van der Waals surface area contributed by atoms with Crippen LogP contribution in [-0.2, 0) is 0 Å². The van der Waals surface area contributed by atoms with E-state index >= 15 is 0 Å². The number of nitrogens with one attached hydrogen (secondary N) is 1. The molecule has 1 unspecified atom stereocenters. The fourth-order valence-corrected chi connectivity index (χ4v) is 3.10. The van der Waals surface area contributed by atoms with E-state index in [4.69, 9.17) is 9.47 Å². The Kier molecular flexibility index (Phi) is 5.66. The molecule has 1 amide bonds. The van der Waals surface area contributed by atoms with Gasteiger partial charge in [-0.25, -0.2) is 0 Å². The van der Waals surface area contributed by atoms with Crippen molar-refractivity contribution in [2.45, 2.75) is 19.8 Å². The predicted molar refractivity (Wildman–Crippen MR) is 86.8 cm³/mol. The Morgan fingerprint density at radius 1 is 1.32 bits per heavy atom. The molecule has 0 spiro atoms. The second kappa shape index (κ2) is 7.49. The Labute approximate surface area is 132 Å². The number of ether oxygens (including phenoxy) is 2. The van der Waals surface area contributed by atoms with Gasteiger partial charge in [-0.2, -0.15) is 0 Å². The van der Waals surface area contributed by atoms with Crippen LogP contribution >= 0.6 is 0 Å². The zero-order valence-electron chi connectivity index (χ0n) is 13.9. The lowest BCUT2D eigenvalue weighted by Crippen LogP contribution is -2.42. The standard InChI is InChI=1S/C17H26N2O3/c1-12-15(21-3)8-14(9-16(12)22-4)17(20)19-7-5-6-13(11-19)10-18-2/h8-9,13,18H,5-7,10-11H2,1-4H3. The molecule has 1 aromatic rings. The fraction of sp³-hybridized carbons (Fsp3) is 0.588. The molecule has 22 heavy (non-hydrogen) atoms. The molecule has 5 heteroatoms. The first-order valence-electron chi connectivity index (χ1n) is 7.77. The summed E-state index contributed by atoms with van der Waals surface area (Å²) in [6, 6.07) is 3.61. The molecule has 1 heterocycles. The largest absolute Gasteiger partial charge is 0.496 e. The third-order valence-electron chi connectivity index (χ3n) is 4.30. The lowest BCUT2D eigenvalue weighted by Gasteiger charge is -2.33. The van der Waals surface area contributed by atoms with E-state index in [1.807, 2.05) is 31.0 Å². The molecular weight excluding hydrogens is 280 g/mol. The quantitative estimate of drug-likeness (QED) is 0.905. The van der Waals surface area contributed by atoms with Crippen molar-refractivity contribution in [3.05, 3.63) is 23.3 Å². The maximum atomic E-state index is 12.8. The SMILES string of the molecule is CNCC1CCCN(C(=O)c2cc(OC)c(C)c(OC)c2)C1. The van der Waals surface area contributed by atoms with Crippen molar-refractivity contribution >= 4 is 5.91 Å². The van der Waals surface area contributed by atoms with Gasteiger partial charge in [0.05, 0.1) is 14.2 Å². The molecule has 1 N–H and O–H groups in total. The normalized spacial score (nSPS) is 18.2. The van der Waals surface area contributed by atoms with Crippen LogP contribution in [0.25, 0.3) is 0 Å². The van der Waals surface area contributed by atoms with E-state index in [-0.39, 0.29) is 5.91 Å². The minimum Gasteiger partial charge on any atom is -0.496 e. The van der Waals surface area contributed by atoms with E-state index in [0.29, 0.717) is 23.0 Å². The van der Waals surface area contributed by atoms with Gasteiger partial charge in [-0.3, -0.25) is 4.79 Å². The first-order valence-corrected chi connectivity index (χ1v) is 7.77. The second-order valence-electron chi connectivity index (χ2n) is 5.82. The highest BCUT2D eigenvalue weighted by Gasteiger charge is 2.25. The minimum absolute atomic E-state index is 0.0532. The summed E-state index contributed by atoms with van der Waals surface area (Å²) in [6.45, 7) is 4.50. The first-order chi connectivity index (χ1) is 10.6. The third kappa shape index (κ3) is 3.53. The number of piperidine rings is 1. The fourth-order valence-electron chi connectivity index (χ4n) is 3.10. The van der Waals surface area contributed by atoms with Gasteiger partial charge in [0.1, 0.15) is 11.5 Å². The predicted octanol–water partition coefficient (Wildman–Crippen LogP) is 2.08. The van der Waals surface area contributed by atoms with Gasteiger partial charge in [0.2, 0.25) is 0 Å². The van der Waals surface area contributed by atoms with E-state index in [9.17, 15) is 4.79 Å². The molecule has 2 rings (SSSR count). The van der Waals surface area contributed by atoms with Gasteiger partial charge in [0, 0.05) is 24.2 Å². The van der Waals surface area contributed by atoms with E-state index in [1.54, 1.807) is 14.2 Å². The molecule has 1 saturated heterocycles. The summed E-state index contributed by atoms with van der Waals surface area (Å²) in [5, 5.41) is 3.20. The van der Waals surface area contributed by atoms with Crippen LogP contribution < -0.4 is 14.8 Å². The number of rotatable bonds is 5. The average Bonchev–Trinajstić information content (AvgIpc) is 2.55. The Hall–Kier alpha value is -1.75. The van der Waals surface area contributed by atoms with E-state index in [2.05, 4.69) is 5.32 Å². The number of nitrogens with zero attached hydrogens (tertiary/aromatic N) is 1. The van der Waals surface area contributed by atoms with Gasteiger partial charge in [0.25, 0.3) is 5.91 Å². The molecule has 0 radical (unpaired) electrons. The van der Waals surface area contributed by atoms with Gasteiger partial charge in [-0.05, 0) is 51.4 Å². The summed E-state index contributed by atoms with van der Waals surface area (Å²) in [5.74, 6) is 1.95. The number of amides is 1. The molecule has 0 bridgehead atoms. The van der Waals surface area contributed by atoms with Gasteiger partial charge in [-0.1, -0.05) is 0 Å². The first kappa shape index (κ1) is 16.6. The molecule has 1 atom stereocenters. The van der Waals surface area contributed by atoms with Gasteiger partial charge < -0.3 is 19.7 Å². The number of likely N-dealkylation sites (tertiary alicyclic amines) is 1. The Bertz CT molecular complexity index is 504. The van der Waals surface area contributed by atoms with Crippen molar-refractivity contribution < 1.29 is 14.3 Å². The molecule has 0 saturated carbocycles. The van der Waals surface area contributed by atoms with Crippen LogP contribution in [0, 0.1) is 12.8 Å². The van der Waals surface area contributed by atoms with E-state index < -0.39 is 0 Å². The van der Waals surface area contributed by atoms with Crippen molar-refractivity contribution in [1.29, 1.82) is 0 Å². The summed E-state index contributed by atoms with van der Waals surface area (Å²) in [7, 11) is 5.18. The van der Waals surface area contributed by atoms with Gasteiger partial charge >= 0.3 is 0 Å².